The number of nitrogens with zero attached hydrogens (tertiary/aromatic N) is 2. The Labute approximate surface area is 118 Å². The molecule has 0 aromatic carbocycles. The largest absolute Gasteiger partial charge is 0.300 e. The third-order valence-corrected chi connectivity index (χ3v) is 4.98. The Kier molecular flexibility index (Phi) is 5.24. The SMILES string of the molecule is CCCNC1(C#N)CCC(N2CCCC(C)CC2)C1. The molecule has 0 spiro atoms. The molecule has 3 heteroatoms. The van der Waals surface area contributed by atoms with E-state index in [0.29, 0.717) is 6.04 Å². The van der Waals surface area contributed by atoms with Gasteiger partial charge in [0.15, 0.2) is 0 Å². The van der Waals surface area contributed by atoms with Crippen LogP contribution in [0.25, 0.3) is 0 Å². The van der Waals surface area contributed by atoms with Crippen molar-refractivity contribution >= 4 is 0 Å². The summed E-state index contributed by atoms with van der Waals surface area (Å²) in [7, 11) is 0. The summed E-state index contributed by atoms with van der Waals surface area (Å²) in [5, 5.41) is 13.0. The van der Waals surface area contributed by atoms with Crippen LogP contribution < -0.4 is 5.32 Å². The molecule has 3 nitrogen and oxygen atoms in total. The van der Waals surface area contributed by atoms with Crippen LogP contribution in [-0.4, -0.2) is 36.1 Å². The summed E-state index contributed by atoms with van der Waals surface area (Å²) in [6, 6.07) is 3.20. The van der Waals surface area contributed by atoms with E-state index in [0.717, 1.165) is 31.7 Å². The average Bonchev–Trinajstić information content (AvgIpc) is 2.73. The van der Waals surface area contributed by atoms with Crippen molar-refractivity contribution in [2.45, 2.75) is 70.4 Å². The molecule has 2 fully saturated rings. The van der Waals surface area contributed by atoms with Gasteiger partial charge in [-0.2, -0.15) is 5.26 Å². The number of hydrogen-bond donors (Lipinski definition) is 1. The molecule has 1 aliphatic carbocycles. The van der Waals surface area contributed by atoms with Crippen LogP contribution in [0, 0.1) is 17.2 Å². The van der Waals surface area contributed by atoms with Gasteiger partial charge >= 0.3 is 0 Å². The third kappa shape index (κ3) is 3.70. The molecule has 0 bridgehead atoms. The Balaban J connectivity index is 1.91. The fraction of sp³-hybridized carbons (Fsp3) is 0.938. The van der Waals surface area contributed by atoms with Gasteiger partial charge in [-0.3, -0.25) is 5.32 Å². The minimum Gasteiger partial charge on any atom is -0.300 e. The van der Waals surface area contributed by atoms with E-state index in [9.17, 15) is 5.26 Å². The first kappa shape index (κ1) is 14.8. The molecule has 0 radical (unpaired) electrons. The monoisotopic (exact) mass is 263 g/mol. The molecular formula is C16H29N3. The first-order valence-electron chi connectivity index (χ1n) is 8.09. The van der Waals surface area contributed by atoms with Gasteiger partial charge in [-0.25, -0.2) is 0 Å². The van der Waals surface area contributed by atoms with Crippen molar-refractivity contribution in [2.75, 3.05) is 19.6 Å². The predicted molar refractivity (Wildman–Crippen MR) is 78.9 cm³/mol. The highest BCUT2D eigenvalue weighted by molar-refractivity contribution is 5.13. The molecule has 0 aromatic heterocycles. The van der Waals surface area contributed by atoms with Gasteiger partial charge < -0.3 is 4.90 Å². The summed E-state index contributed by atoms with van der Waals surface area (Å²) < 4.78 is 0. The number of likely N-dealkylation sites (tertiary alicyclic amines) is 1. The van der Waals surface area contributed by atoms with Crippen LogP contribution in [0.5, 0.6) is 0 Å². The summed E-state index contributed by atoms with van der Waals surface area (Å²) in [6.45, 7) is 7.99. The smallest absolute Gasteiger partial charge is 0.108 e. The van der Waals surface area contributed by atoms with Crippen LogP contribution in [-0.2, 0) is 0 Å². The Morgan fingerprint density at radius 2 is 2.16 bits per heavy atom. The first-order valence-corrected chi connectivity index (χ1v) is 8.09. The fourth-order valence-electron chi connectivity index (χ4n) is 3.65. The van der Waals surface area contributed by atoms with Crippen molar-refractivity contribution in [3.63, 3.8) is 0 Å². The van der Waals surface area contributed by atoms with Gasteiger partial charge in [0.05, 0.1) is 6.07 Å². The summed E-state index contributed by atoms with van der Waals surface area (Å²) in [5.41, 5.74) is -0.238. The molecule has 3 unspecified atom stereocenters. The topological polar surface area (TPSA) is 39.1 Å². The molecular weight excluding hydrogens is 234 g/mol. The van der Waals surface area contributed by atoms with Crippen molar-refractivity contribution in [3.8, 4) is 6.07 Å². The molecule has 1 aliphatic heterocycles. The number of nitrogens with one attached hydrogen (secondary N) is 1. The number of nitriles is 1. The maximum atomic E-state index is 9.53. The minimum absolute atomic E-state index is 0.238. The van der Waals surface area contributed by atoms with E-state index in [4.69, 9.17) is 0 Å². The molecule has 1 N–H and O–H groups in total. The van der Waals surface area contributed by atoms with E-state index in [1.165, 1.54) is 38.8 Å². The molecule has 1 heterocycles. The van der Waals surface area contributed by atoms with E-state index in [1.807, 2.05) is 0 Å². The summed E-state index contributed by atoms with van der Waals surface area (Å²) in [4.78, 5) is 2.66. The second-order valence-corrected chi connectivity index (χ2v) is 6.59. The van der Waals surface area contributed by atoms with Gasteiger partial charge in [0.2, 0.25) is 0 Å². The van der Waals surface area contributed by atoms with E-state index >= 15 is 0 Å². The Hall–Kier alpha value is -0.590. The summed E-state index contributed by atoms with van der Waals surface area (Å²) in [6.07, 6.45) is 8.39. The van der Waals surface area contributed by atoms with Crippen molar-refractivity contribution in [2.24, 2.45) is 5.92 Å². The highest BCUT2D eigenvalue weighted by Crippen LogP contribution is 2.34. The van der Waals surface area contributed by atoms with Gasteiger partial charge in [0.25, 0.3) is 0 Å². The third-order valence-electron chi connectivity index (χ3n) is 4.98. The van der Waals surface area contributed by atoms with Crippen LogP contribution in [0.3, 0.4) is 0 Å². The Morgan fingerprint density at radius 3 is 2.89 bits per heavy atom. The summed E-state index contributed by atoms with van der Waals surface area (Å²) in [5.74, 6) is 0.880. The average molecular weight is 263 g/mol. The van der Waals surface area contributed by atoms with Crippen molar-refractivity contribution in [3.05, 3.63) is 0 Å². The zero-order valence-corrected chi connectivity index (χ0v) is 12.6. The number of hydrogen-bond acceptors (Lipinski definition) is 3. The molecule has 3 atom stereocenters. The van der Waals surface area contributed by atoms with Crippen molar-refractivity contribution in [1.29, 1.82) is 5.26 Å². The second-order valence-electron chi connectivity index (χ2n) is 6.59. The van der Waals surface area contributed by atoms with Crippen LogP contribution >= 0.6 is 0 Å². The zero-order chi connectivity index (χ0) is 13.7. The standard InChI is InChI=1S/C16H29N3/c1-3-9-18-16(13-17)8-6-15(12-16)19-10-4-5-14(2)7-11-19/h14-15,18H,3-12H2,1-2H3. The molecule has 2 aliphatic rings. The van der Waals surface area contributed by atoms with Gasteiger partial charge in [-0.15, -0.1) is 0 Å². The highest BCUT2D eigenvalue weighted by atomic mass is 15.2. The zero-order valence-electron chi connectivity index (χ0n) is 12.6. The molecule has 2 rings (SSSR count). The minimum atomic E-state index is -0.238. The van der Waals surface area contributed by atoms with E-state index in [1.54, 1.807) is 0 Å². The van der Waals surface area contributed by atoms with Crippen LogP contribution in [0.15, 0.2) is 0 Å². The van der Waals surface area contributed by atoms with Gasteiger partial charge in [0.1, 0.15) is 5.54 Å². The molecule has 0 aromatic rings. The Morgan fingerprint density at radius 1 is 1.32 bits per heavy atom. The lowest BCUT2D eigenvalue weighted by molar-refractivity contribution is 0.197. The second kappa shape index (κ2) is 6.72. The lowest BCUT2D eigenvalue weighted by Gasteiger charge is -2.29. The molecule has 108 valence electrons. The van der Waals surface area contributed by atoms with Gasteiger partial charge in [-0.05, 0) is 70.5 Å². The maximum absolute atomic E-state index is 9.53. The predicted octanol–water partition coefficient (Wildman–Crippen LogP) is 2.92. The molecule has 0 amide bonds. The van der Waals surface area contributed by atoms with E-state index in [2.05, 4.69) is 30.1 Å². The normalized spacial score (nSPS) is 36.9. The van der Waals surface area contributed by atoms with E-state index < -0.39 is 0 Å². The molecule has 1 saturated heterocycles. The van der Waals surface area contributed by atoms with Crippen LogP contribution in [0.1, 0.15) is 58.8 Å². The fourth-order valence-corrected chi connectivity index (χ4v) is 3.65. The van der Waals surface area contributed by atoms with Crippen molar-refractivity contribution in [1.82, 2.24) is 10.2 Å². The Bertz CT molecular complexity index is 322. The maximum Gasteiger partial charge on any atom is 0.108 e. The summed E-state index contributed by atoms with van der Waals surface area (Å²) >= 11 is 0. The van der Waals surface area contributed by atoms with Crippen LogP contribution in [0.2, 0.25) is 0 Å². The lowest BCUT2D eigenvalue weighted by Crippen LogP contribution is -2.44. The first-order chi connectivity index (χ1) is 9.19. The number of rotatable bonds is 4. The van der Waals surface area contributed by atoms with Gasteiger partial charge in [0, 0.05) is 6.04 Å². The molecule has 19 heavy (non-hydrogen) atoms. The van der Waals surface area contributed by atoms with Gasteiger partial charge in [-0.1, -0.05) is 13.8 Å². The van der Waals surface area contributed by atoms with Crippen LogP contribution in [0.4, 0.5) is 0 Å². The van der Waals surface area contributed by atoms with Crippen molar-refractivity contribution < 1.29 is 0 Å². The molecule has 1 saturated carbocycles. The highest BCUT2D eigenvalue weighted by Gasteiger charge is 2.41. The quantitative estimate of drug-likeness (QED) is 0.847. The van der Waals surface area contributed by atoms with E-state index in [-0.39, 0.29) is 5.54 Å². The lowest BCUT2D eigenvalue weighted by atomic mass is 9.99.